The third-order valence-electron chi connectivity index (χ3n) is 3.89. The van der Waals surface area contributed by atoms with Crippen molar-refractivity contribution in [3.05, 3.63) is 71.3 Å². The molecule has 0 bridgehead atoms. The third kappa shape index (κ3) is 1.46. The van der Waals surface area contributed by atoms with Crippen LogP contribution >= 0.6 is 0 Å². The standard InChI is InChI=1S/C16H15NO/c1-16(12-7-3-2-4-8-12)11-15(17-18)13-9-5-6-10-14(13)16/h2-10,18H,11H2,1H3. The first-order valence-electron chi connectivity index (χ1n) is 6.12. The molecule has 2 aromatic rings. The molecule has 0 radical (unpaired) electrons. The van der Waals surface area contributed by atoms with Gasteiger partial charge >= 0.3 is 0 Å². The highest BCUT2D eigenvalue weighted by Crippen LogP contribution is 2.43. The Labute approximate surface area is 107 Å². The average molecular weight is 237 g/mol. The summed E-state index contributed by atoms with van der Waals surface area (Å²) in [5, 5.41) is 12.6. The molecule has 0 saturated carbocycles. The summed E-state index contributed by atoms with van der Waals surface area (Å²) in [6.45, 7) is 2.21. The number of benzene rings is 2. The molecule has 3 rings (SSSR count). The van der Waals surface area contributed by atoms with Gasteiger partial charge in [-0.05, 0) is 11.1 Å². The van der Waals surface area contributed by atoms with Crippen LogP contribution in [-0.2, 0) is 5.41 Å². The van der Waals surface area contributed by atoms with Crippen LogP contribution in [0.15, 0.2) is 59.8 Å². The summed E-state index contributed by atoms with van der Waals surface area (Å²) >= 11 is 0. The molecule has 1 aliphatic carbocycles. The number of fused-ring (bicyclic) bond motifs is 1. The van der Waals surface area contributed by atoms with Crippen LogP contribution < -0.4 is 0 Å². The van der Waals surface area contributed by atoms with E-state index in [9.17, 15) is 5.21 Å². The van der Waals surface area contributed by atoms with Crippen molar-refractivity contribution in [1.82, 2.24) is 0 Å². The molecule has 1 atom stereocenters. The highest BCUT2D eigenvalue weighted by atomic mass is 16.4. The van der Waals surface area contributed by atoms with Crippen molar-refractivity contribution in [3.8, 4) is 0 Å². The minimum Gasteiger partial charge on any atom is -0.411 e. The zero-order valence-electron chi connectivity index (χ0n) is 10.3. The van der Waals surface area contributed by atoms with Gasteiger partial charge in [-0.2, -0.15) is 0 Å². The molecule has 0 aliphatic heterocycles. The maximum absolute atomic E-state index is 9.18. The van der Waals surface area contributed by atoms with Crippen molar-refractivity contribution in [3.63, 3.8) is 0 Å². The Bertz CT molecular complexity index is 604. The molecular formula is C16H15NO. The lowest BCUT2D eigenvalue weighted by Gasteiger charge is -2.25. The highest BCUT2D eigenvalue weighted by molar-refractivity contribution is 6.06. The largest absolute Gasteiger partial charge is 0.411 e. The lowest BCUT2D eigenvalue weighted by molar-refractivity contribution is 0.317. The first-order chi connectivity index (χ1) is 8.75. The van der Waals surface area contributed by atoms with Crippen LogP contribution in [0, 0.1) is 0 Å². The quantitative estimate of drug-likeness (QED) is 0.597. The Balaban J connectivity index is 2.22. The van der Waals surface area contributed by atoms with E-state index in [2.05, 4.69) is 42.4 Å². The molecule has 0 saturated heterocycles. The molecular weight excluding hydrogens is 222 g/mol. The van der Waals surface area contributed by atoms with Crippen LogP contribution in [0.25, 0.3) is 0 Å². The maximum Gasteiger partial charge on any atom is 0.0883 e. The predicted molar refractivity (Wildman–Crippen MR) is 72.3 cm³/mol. The molecule has 0 spiro atoms. The van der Waals surface area contributed by atoms with E-state index in [-0.39, 0.29) is 5.41 Å². The smallest absolute Gasteiger partial charge is 0.0883 e. The number of hydrogen-bond acceptors (Lipinski definition) is 2. The Morgan fingerprint density at radius 3 is 2.39 bits per heavy atom. The van der Waals surface area contributed by atoms with Gasteiger partial charge in [-0.1, -0.05) is 66.7 Å². The van der Waals surface area contributed by atoms with Crippen molar-refractivity contribution >= 4 is 5.71 Å². The molecule has 18 heavy (non-hydrogen) atoms. The van der Waals surface area contributed by atoms with Crippen LogP contribution in [0.1, 0.15) is 30.0 Å². The predicted octanol–water partition coefficient (Wildman–Crippen LogP) is 3.57. The van der Waals surface area contributed by atoms with E-state index in [1.54, 1.807) is 0 Å². The van der Waals surface area contributed by atoms with Crippen molar-refractivity contribution < 1.29 is 5.21 Å². The molecule has 0 amide bonds. The molecule has 1 aliphatic rings. The van der Waals surface area contributed by atoms with E-state index in [0.717, 1.165) is 17.7 Å². The van der Waals surface area contributed by atoms with Gasteiger partial charge in [0.25, 0.3) is 0 Å². The SMILES string of the molecule is CC1(c2ccccc2)CC(=NO)c2ccccc21. The monoisotopic (exact) mass is 237 g/mol. The maximum atomic E-state index is 9.18. The number of hydrogen-bond donors (Lipinski definition) is 1. The van der Waals surface area contributed by atoms with Gasteiger partial charge in [0.15, 0.2) is 0 Å². The van der Waals surface area contributed by atoms with E-state index in [1.165, 1.54) is 11.1 Å². The molecule has 0 heterocycles. The summed E-state index contributed by atoms with van der Waals surface area (Å²) in [7, 11) is 0. The third-order valence-corrected chi connectivity index (χ3v) is 3.89. The fraction of sp³-hybridized carbons (Fsp3) is 0.188. The Hall–Kier alpha value is -2.09. The van der Waals surface area contributed by atoms with Crippen molar-refractivity contribution in [1.29, 1.82) is 0 Å². The number of nitrogens with zero attached hydrogens (tertiary/aromatic N) is 1. The van der Waals surface area contributed by atoms with Crippen molar-refractivity contribution in [2.24, 2.45) is 5.16 Å². The number of oxime groups is 1. The van der Waals surface area contributed by atoms with Crippen LogP contribution in [0.4, 0.5) is 0 Å². The van der Waals surface area contributed by atoms with E-state index in [0.29, 0.717) is 0 Å². The van der Waals surface area contributed by atoms with Gasteiger partial charge in [0.05, 0.1) is 5.71 Å². The molecule has 90 valence electrons. The summed E-state index contributed by atoms with van der Waals surface area (Å²) < 4.78 is 0. The first kappa shape index (κ1) is 11.0. The van der Waals surface area contributed by atoms with Gasteiger partial charge in [-0.3, -0.25) is 0 Å². The minimum atomic E-state index is -0.0978. The fourth-order valence-corrected chi connectivity index (χ4v) is 2.89. The van der Waals surface area contributed by atoms with Crippen LogP contribution in [0.5, 0.6) is 0 Å². The second-order valence-electron chi connectivity index (χ2n) is 4.97. The lowest BCUT2D eigenvalue weighted by atomic mass is 9.77. The van der Waals surface area contributed by atoms with E-state index < -0.39 is 0 Å². The summed E-state index contributed by atoms with van der Waals surface area (Å²) in [4.78, 5) is 0. The lowest BCUT2D eigenvalue weighted by Crippen LogP contribution is -2.20. The van der Waals surface area contributed by atoms with Gasteiger partial charge < -0.3 is 5.21 Å². The molecule has 1 unspecified atom stereocenters. The Kier molecular flexibility index (Phi) is 2.44. The van der Waals surface area contributed by atoms with E-state index in [1.807, 2.05) is 24.3 Å². The second kappa shape index (κ2) is 3.98. The minimum absolute atomic E-state index is 0.0978. The van der Waals surface area contributed by atoms with Crippen LogP contribution in [0.2, 0.25) is 0 Å². The molecule has 2 nitrogen and oxygen atoms in total. The topological polar surface area (TPSA) is 32.6 Å². The normalized spacial score (nSPS) is 24.2. The Morgan fingerprint density at radius 2 is 1.67 bits per heavy atom. The highest BCUT2D eigenvalue weighted by Gasteiger charge is 2.39. The molecule has 2 heteroatoms. The summed E-state index contributed by atoms with van der Waals surface area (Å²) in [6.07, 6.45) is 0.743. The van der Waals surface area contributed by atoms with Gasteiger partial charge in [-0.15, -0.1) is 0 Å². The molecule has 1 N–H and O–H groups in total. The number of rotatable bonds is 1. The van der Waals surface area contributed by atoms with E-state index >= 15 is 0 Å². The zero-order valence-corrected chi connectivity index (χ0v) is 10.3. The molecule has 0 fully saturated rings. The average Bonchev–Trinajstić information content (AvgIpc) is 2.75. The van der Waals surface area contributed by atoms with Crippen molar-refractivity contribution in [2.75, 3.05) is 0 Å². The van der Waals surface area contributed by atoms with Gasteiger partial charge in [-0.25, -0.2) is 0 Å². The summed E-state index contributed by atoms with van der Waals surface area (Å²) in [5.74, 6) is 0. The summed E-state index contributed by atoms with van der Waals surface area (Å²) in [6, 6.07) is 18.6. The Morgan fingerprint density at radius 1 is 1.00 bits per heavy atom. The summed E-state index contributed by atoms with van der Waals surface area (Å²) in [5.41, 5.74) is 4.24. The molecule has 2 aromatic carbocycles. The van der Waals surface area contributed by atoms with Gasteiger partial charge in [0, 0.05) is 17.4 Å². The van der Waals surface area contributed by atoms with E-state index in [4.69, 9.17) is 0 Å². The van der Waals surface area contributed by atoms with Crippen LogP contribution in [0.3, 0.4) is 0 Å². The first-order valence-corrected chi connectivity index (χ1v) is 6.12. The van der Waals surface area contributed by atoms with Gasteiger partial charge in [0.1, 0.15) is 0 Å². The fourth-order valence-electron chi connectivity index (χ4n) is 2.89. The molecule has 0 aromatic heterocycles. The van der Waals surface area contributed by atoms with Crippen molar-refractivity contribution in [2.45, 2.75) is 18.8 Å². The second-order valence-corrected chi connectivity index (χ2v) is 4.97. The zero-order chi connectivity index (χ0) is 12.6. The van der Waals surface area contributed by atoms with Gasteiger partial charge in [0.2, 0.25) is 0 Å². The van der Waals surface area contributed by atoms with Crippen LogP contribution in [-0.4, -0.2) is 10.9 Å².